The van der Waals surface area contributed by atoms with Crippen LogP contribution in [0.15, 0.2) is 24.5 Å². The highest BCUT2D eigenvalue weighted by Crippen LogP contribution is 2.20. The second kappa shape index (κ2) is 4.77. The van der Waals surface area contributed by atoms with Crippen LogP contribution in [0, 0.1) is 9.65 Å². The molecule has 0 amide bonds. The van der Waals surface area contributed by atoms with Gasteiger partial charge >= 0.3 is 0 Å². The van der Waals surface area contributed by atoms with E-state index in [9.17, 15) is 4.39 Å². The molecule has 4 nitrogen and oxygen atoms in total. The summed E-state index contributed by atoms with van der Waals surface area (Å²) in [5.41, 5.74) is 0.528. The van der Waals surface area contributed by atoms with Gasteiger partial charge in [-0.25, -0.2) is 14.1 Å². The minimum atomic E-state index is -0.351. The zero-order valence-corrected chi connectivity index (χ0v) is 10.7. The molecule has 0 spiro atoms. The number of aromatic nitrogens is 3. The summed E-state index contributed by atoms with van der Waals surface area (Å²) < 4.78 is 20.9. The fourth-order valence-corrected chi connectivity index (χ4v) is 1.76. The van der Waals surface area contributed by atoms with Crippen LogP contribution in [0.4, 0.5) is 4.39 Å². The highest BCUT2D eigenvalue weighted by atomic mass is 127. The van der Waals surface area contributed by atoms with Crippen molar-refractivity contribution in [3.05, 3.63) is 39.7 Å². The van der Waals surface area contributed by atoms with Crippen LogP contribution in [0.5, 0.6) is 5.75 Å². The summed E-state index contributed by atoms with van der Waals surface area (Å²) in [6, 6.07) is 5.04. The van der Waals surface area contributed by atoms with Crippen LogP contribution < -0.4 is 4.74 Å². The molecule has 0 aliphatic carbocycles. The number of benzene rings is 1. The van der Waals surface area contributed by atoms with E-state index < -0.39 is 0 Å². The smallest absolute Gasteiger partial charge is 0.211 e. The molecule has 1 heterocycles. The van der Waals surface area contributed by atoms with Crippen LogP contribution in [-0.2, 0) is 6.54 Å². The first-order chi connectivity index (χ1) is 7.70. The normalized spacial score (nSPS) is 10.4. The molecule has 0 radical (unpaired) electrons. The standard InChI is InChI=1S/C10H9FIN3O/c1-16-8-4-2-3-7(9(8)11)5-15-6-13-10(12)14-15/h2-4,6H,5H2,1H3. The molecule has 0 aliphatic heterocycles. The van der Waals surface area contributed by atoms with Crippen molar-refractivity contribution in [2.24, 2.45) is 0 Å². The topological polar surface area (TPSA) is 39.9 Å². The minimum Gasteiger partial charge on any atom is -0.494 e. The van der Waals surface area contributed by atoms with Gasteiger partial charge in [0.25, 0.3) is 0 Å². The Morgan fingerprint density at radius 1 is 1.50 bits per heavy atom. The summed E-state index contributed by atoms with van der Waals surface area (Å²) in [4.78, 5) is 3.97. The number of hydrogen-bond acceptors (Lipinski definition) is 3. The zero-order chi connectivity index (χ0) is 11.5. The predicted molar refractivity (Wildman–Crippen MR) is 64.8 cm³/mol. The second-order valence-corrected chi connectivity index (χ2v) is 4.11. The third-order valence-electron chi connectivity index (χ3n) is 2.10. The van der Waals surface area contributed by atoms with Gasteiger partial charge in [0.05, 0.1) is 13.7 Å². The monoisotopic (exact) mass is 333 g/mol. The number of methoxy groups -OCH3 is 1. The summed E-state index contributed by atoms with van der Waals surface area (Å²) in [6.45, 7) is 0.346. The summed E-state index contributed by atoms with van der Waals surface area (Å²) in [5, 5.41) is 4.09. The third-order valence-corrected chi connectivity index (χ3v) is 2.60. The van der Waals surface area contributed by atoms with E-state index in [0.29, 0.717) is 15.9 Å². The van der Waals surface area contributed by atoms with Gasteiger partial charge in [0.1, 0.15) is 6.33 Å². The van der Waals surface area contributed by atoms with Gasteiger partial charge < -0.3 is 4.74 Å². The lowest BCUT2D eigenvalue weighted by atomic mass is 10.2. The molecule has 0 atom stereocenters. The van der Waals surface area contributed by atoms with E-state index in [1.54, 1.807) is 29.2 Å². The molecule has 84 valence electrons. The van der Waals surface area contributed by atoms with E-state index in [1.807, 2.05) is 22.6 Å². The molecular weight excluding hydrogens is 324 g/mol. The van der Waals surface area contributed by atoms with Crippen molar-refractivity contribution in [2.45, 2.75) is 6.54 Å². The Morgan fingerprint density at radius 2 is 2.31 bits per heavy atom. The van der Waals surface area contributed by atoms with E-state index >= 15 is 0 Å². The Balaban J connectivity index is 2.28. The number of nitrogens with zero attached hydrogens (tertiary/aromatic N) is 3. The van der Waals surface area contributed by atoms with Crippen molar-refractivity contribution in [3.63, 3.8) is 0 Å². The molecule has 1 aromatic heterocycles. The Hall–Kier alpha value is -1.18. The van der Waals surface area contributed by atoms with Gasteiger partial charge in [-0.15, -0.1) is 5.10 Å². The molecule has 2 aromatic rings. The van der Waals surface area contributed by atoms with Gasteiger partial charge in [0, 0.05) is 28.2 Å². The van der Waals surface area contributed by atoms with Crippen molar-refractivity contribution in [1.29, 1.82) is 0 Å². The maximum Gasteiger partial charge on any atom is 0.211 e. The molecule has 0 saturated heterocycles. The molecule has 0 unspecified atom stereocenters. The Labute approximate surface area is 106 Å². The summed E-state index contributed by atoms with van der Waals surface area (Å²) in [7, 11) is 1.45. The summed E-state index contributed by atoms with van der Waals surface area (Å²) >= 11 is 2.00. The lowest BCUT2D eigenvalue weighted by molar-refractivity contribution is 0.383. The van der Waals surface area contributed by atoms with Crippen molar-refractivity contribution < 1.29 is 9.13 Å². The fraction of sp³-hybridized carbons (Fsp3) is 0.200. The van der Waals surface area contributed by atoms with E-state index in [2.05, 4.69) is 10.1 Å². The zero-order valence-electron chi connectivity index (χ0n) is 8.52. The highest BCUT2D eigenvalue weighted by Gasteiger charge is 2.09. The fourth-order valence-electron chi connectivity index (χ4n) is 1.36. The van der Waals surface area contributed by atoms with Crippen molar-refractivity contribution >= 4 is 22.6 Å². The lowest BCUT2D eigenvalue weighted by Gasteiger charge is -2.06. The first-order valence-electron chi connectivity index (χ1n) is 4.57. The maximum absolute atomic E-state index is 13.8. The van der Waals surface area contributed by atoms with Gasteiger partial charge in [0.2, 0.25) is 3.83 Å². The first-order valence-corrected chi connectivity index (χ1v) is 5.65. The summed E-state index contributed by atoms with van der Waals surface area (Å²) in [6.07, 6.45) is 1.57. The minimum absolute atomic E-state index is 0.243. The third kappa shape index (κ3) is 2.31. The molecule has 0 saturated carbocycles. The second-order valence-electron chi connectivity index (χ2n) is 3.14. The van der Waals surface area contributed by atoms with Gasteiger partial charge in [-0.05, 0) is 6.07 Å². The number of rotatable bonds is 3. The quantitative estimate of drug-likeness (QED) is 0.808. The highest BCUT2D eigenvalue weighted by molar-refractivity contribution is 14.1. The summed E-state index contributed by atoms with van der Waals surface area (Å²) in [5.74, 6) is -0.108. The predicted octanol–water partition coefficient (Wildman–Crippen LogP) is 2.08. The van der Waals surface area contributed by atoms with Gasteiger partial charge in [-0.1, -0.05) is 12.1 Å². The van der Waals surface area contributed by atoms with Crippen LogP contribution in [0.25, 0.3) is 0 Å². The largest absolute Gasteiger partial charge is 0.494 e. The molecule has 0 aliphatic rings. The average Bonchev–Trinajstić information content (AvgIpc) is 2.67. The molecule has 16 heavy (non-hydrogen) atoms. The van der Waals surface area contributed by atoms with E-state index in [0.717, 1.165) is 0 Å². The van der Waals surface area contributed by atoms with Crippen LogP contribution in [0.3, 0.4) is 0 Å². The number of halogens is 2. The van der Waals surface area contributed by atoms with Crippen molar-refractivity contribution in [1.82, 2.24) is 14.8 Å². The Morgan fingerprint density at radius 3 is 2.94 bits per heavy atom. The molecule has 0 N–H and O–H groups in total. The molecular formula is C10H9FIN3O. The van der Waals surface area contributed by atoms with Gasteiger partial charge in [-0.2, -0.15) is 0 Å². The van der Waals surface area contributed by atoms with Crippen molar-refractivity contribution in [2.75, 3.05) is 7.11 Å². The van der Waals surface area contributed by atoms with Crippen molar-refractivity contribution in [3.8, 4) is 5.75 Å². The van der Waals surface area contributed by atoms with Gasteiger partial charge in [0.15, 0.2) is 11.6 Å². The van der Waals surface area contributed by atoms with E-state index in [-0.39, 0.29) is 11.6 Å². The molecule has 2 rings (SSSR count). The molecule has 0 fully saturated rings. The maximum atomic E-state index is 13.8. The SMILES string of the molecule is COc1cccc(Cn2cnc(I)n2)c1F. The molecule has 6 heteroatoms. The Bertz CT molecular complexity index is 501. The van der Waals surface area contributed by atoms with Crippen LogP contribution in [-0.4, -0.2) is 21.9 Å². The van der Waals surface area contributed by atoms with Crippen LogP contribution >= 0.6 is 22.6 Å². The van der Waals surface area contributed by atoms with Gasteiger partial charge in [-0.3, -0.25) is 0 Å². The number of hydrogen-bond donors (Lipinski definition) is 0. The van der Waals surface area contributed by atoms with Crippen LogP contribution in [0.1, 0.15) is 5.56 Å². The lowest BCUT2D eigenvalue weighted by Crippen LogP contribution is -2.03. The first kappa shape index (κ1) is 11.3. The average molecular weight is 333 g/mol. The van der Waals surface area contributed by atoms with Crippen LogP contribution in [0.2, 0.25) is 0 Å². The van der Waals surface area contributed by atoms with E-state index in [4.69, 9.17) is 4.74 Å². The van der Waals surface area contributed by atoms with E-state index in [1.165, 1.54) is 7.11 Å². The molecule has 1 aromatic carbocycles. The number of ether oxygens (including phenoxy) is 1. The Kier molecular flexibility index (Phi) is 3.37. The molecule has 0 bridgehead atoms.